The molecule has 0 fully saturated rings. The Morgan fingerprint density at radius 3 is 2.26 bits per heavy atom. The summed E-state index contributed by atoms with van der Waals surface area (Å²) >= 11 is 1.11. The average Bonchev–Trinajstić information content (AvgIpc) is 3.23. The third kappa shape index (κ3) is 6.16. The zero-order chi connectivity index (χ0) is 22.4. The number of ether oxygens (including phenoxy) is 2. The highest BCUT2D eigenvalue weighted by atomic mass is 32.1. The fourth-order valence-electron chi connectivity index (χ4n) is 2.44. The molecule has 0 saturated carbocycles. The number of thiophene rings is 1. The van der Waals surface area contributed by atoms with Gasteiger partial charge in [-0.1, -0.05) is 12.1 Å². The van der Waals surface area contributed by atoms with Gasteiger partial charge in [-0.25, -0.2) is 9.18 Å². The van der Waals surface area contributed by atoms with E-state index in [0.29, 0.717) is 4.88 Å². The molecule has 0 aliphatic rings. The highest BCUT2D eigenvalue weighted by molar-refractivity contribution is 7.17. The van der Waals surface area contributed by atoms with Crippen LogP contribution in [0.5, 0.6) is 5.75 Å². The standard InChI is InChI=1S/C21H14F3NO5S/c22-14-5-1-12(2-6-14)16-9-10-17(31-16)20(28)29-11-18(26)25-19(27)13-3-7-15(8-4-13)30-21(23)24/h1-10,21H,11H2,(H,25,26,27). The normalized spacial score (nSPS) is 10.6. The molecule has 31 heavy (non-hydrogen) atoms. The number of esters is 1. The first-order valence-corrected chi connectivity index (χ1v) is 9.55. The Labute approximate surface area is 178 Å². The van der Waals surface area contributed by atoms with Gasteiger partial charge in [0.2, 0.25) is 0 Å². The van der Waals surface area contributed by atoms with E-state index in [0.717, 1.165) is 29.0 Å². The summed E-state index contributed by atoms with van der Waals surface area (Å²) in [5, 5.41) is 2.02. The number of carbonyl (C=O) groups is 3. The van der Waals surface area contributed by atoms with Crippen molar-refractivity contribution in [3.8, 4) is 16.2 Å². The molecule has 2 amide bonds. The minimum Gasteiger partial charge on any atom is -0.451 e. The van der Waals surface area contributed by atoms with Crippen molar-refractivity contribution in [2.45, 2.75) is 6.61 Å². The lowest BCUT2D eigenvalue weighted by molar-refractivity contribution is -0.123. The van der Waals surface area contributed by atoms with Crippen LogP contribution in [0, 0.1) is 5.82 Å². The number of carbonyl (C=O) groups excluding carboxylic acids is 3. The number of benzene rings is 2. The number of hydrogen-bond donors (Lipinski definition) is 1. The fourth-order valence-corrected chi connectivity index (χ4v) is 3.35. The van der Waals surface area contributed by atoms with E-state index < -0.39 is 31.0 Å². The SMILES string of the molecule is O=C(COC(=O)c1ccc(-c2ccc(F)cc2)s1)NC(=O)c1ccc(OC(F)F)cc1. The highest BCUT2D eigenvalue weighted by Crippen LogP contribution is 2.28. The monoisotopic (exact) mass is 449 g/mol. The van der Waals surface area contributed by atoms with Gasteiger partial charge in [0.05, 0.1) is 0 Å². The van der Waals surface area contributed by atoms with Crippen LogP contribution in [-0.4, -0.2) is 31.0 Å². The highest BCUT2D eigenvalue weighted by Gasteiger charge is 2.16. The predicted molar refractivity (Wildman–Crippen MR) is 106 cm³/mol. The Morgan fingerprint density at radius 1 is 0.935 bits per heavy atom. The molecule has 1 aromatic heterocycles. The van der Waals surface area contributed by atoms with Crippen molar-refractivity contribution in [2.75, 3.05) is 6.61 Å². The fraction of sp³-hybridized carbons (Fsp3) is 0.0952. The van der Waals surface area contributed by atoms with Crippen molar-refractivity contribution < 1.29 is 37.0 Å². The smallest absolute Gasteiger partial charge is 0.387 e. The van der Waals surface area contributed by atoms with E-state index in [1.165, 1.54) is 30.3 Å². The van der Waals surface area contributed by atoms with E-state index in [2.05, 4.69) is 4.74 Å². The summed E-state index contributed by atoms with van der Waals surface area (Å²) in [6.07, 6.45) is 0. The third-order valence-electron chi connectivity index (χ3n) is 3.86. The number of alkyl halides is 2. The van der Waals surface area contributed by atoms with Crippen LogP contribution in [0.2, 0.25) is 0 Å². The Hall–Kier alpha value is -3.66. The summed E-state index contributed by atoms with van der Waals surface area (Å²) in [5.41, 5.74) is 0.752. The average molecular weight is 449 g/mol. The molecule has 6 nitrogen and oxygen atoms in total. The van der Waals surface area contributed by atoms with Crippen molar-refractivity contribution in [3.63, 3.8) is 0 Å². The minimum atomic E-state index is -2.99. The minimum absolute atomic E-state index is 0.0310. The van der Waals surface area contributed by atoms with Gasteiger partial charge in [-0.3, -0.25) is 14.9 Å². The first kappa shape index (κ1) is 22.0. The van der Waals surface area contributed by atoms with E-state index >= 15 is 0 Å². The first-order chi connectivity index (χ1) is 14.8. The maximum Gasteiger partial charge on any atom is 0.387 e. The van der Waals surface area contributed by atoms with Gasteiger partial charge < -0.3 is 9.47 Å². The number of imide groups is 1. The molecule has 2 aromatic carbocycles. The van der Waals surface area contributed by atoms with Crippen LogP contribution in [-0.2, 0) is 9.53 Å². The van der Waals surface area contributed by atoms with Crippen molar-refractivity contribution in [1.29, 1.82) is 0 Å². The molecule has 1 N–H and O–H groups in total. The van der Waals surface area contributed by atoms with Crippen molar-refractivity contribution in [2.24, 2.45) is 0 Å². The molecule has 160 valence electrons. The zero-order valence-corrected chi connectivity index (χ0v) is 16.5. The quantitative estimate of drug-likeness (QED) is 0.545. The third-order valence-corrected chi connectivity index (χ3v) is 4.98. The van der Waals surface area contributed by atoms with Crippen LogP contribution in [0.15, 0.2) is 60.7 Å². The topological polar surface area (TPSA) is 81.7 Å². The molecular weight excluding hydrogens is 435 g/mol. The zero-order valence-electron chi connectivity index (χ0n) is 15.6. The molecule has 0 aliphatic heterocycles. The van der Waals surface area contributed by atoms with Crippen LogP contribution in [0.25, 0.3) is 10.4 Å². The van der Waals surface area contributed by atoms with Gasteiger partial charge in [0, 0.05) is 10.4 Å². The van der Waals surface area contributed by atoms with E-state index in [1.54, 1.807) is 18.2 Å². The summed E-state index contributed by atoms with van der Waals surface area (Å²) in [6, 6.07) is 13.6. The van der Waals surface area contributed by atoms with Gasteiger partial charge in [0.15, 0.2) is 6.61 Å². The summed E-state index contributed by atoms with van der Waals surface area (Å²) in [4.78, 5) is 36.9. The molecule has 0 aliphatic carbocycles. The Balaban J connectivity index is 1.50. The van der Waals surface area contributed by atoms with E-state index in [-0.39, 0.29) is 22.0 Å². The van der Waals surface area contributed by atoms with Crippen LogP contribution >= 0.6 is 11.3 Å². The summed E-state index contributed by atoms with van der Waals surface area (Å²) < 4.78 is 46.3. The lowest BCUT2D eigenvalue weighted by Gasteiger charge is -2.07. The van der Waals surface area contributed by atoms with Gasteiger partial charge >= 0.3 is 12.6 Å². The van der Waals surface area contributed by atoms with E-state index in [4.69, 9.17) is 4.74 Å². The lowest BCUT2D eigenvalue weighted by atomic mass is 10.2. The van der Waals surface area contributed by atoms with Crippen LogP contribution in [0.3, 0.4) is 0 Å². The number of amides is 2. The van der Waals surface area contributed by atoms with Gasteiger partial charge in [-0.15, -0.1) is 11.3 Å². The number of hydrogen-bond acceptors (Lipinski definition) is 6. The van der Waals surface area contributed by atoms with Gasteiger partial charge in [-0.05, 0) is 54.1 Å². The van der Waals surface area contributed by atoms with Crippen molar-refractivity contribution >= 4 is 29.1 Å². The largest absolute Gasteiger partial charge is 0.451 e. The molecular formula is C21H14F3NO5S. The second-order valence-electron chi connectivity index (χ2n) is 6.03. The summed E-state index contributed by atoms with van der Waals surface area (Å²) in [5.74, 6) is -2.92. The van der Waals surface area contributed by atoms with Gasteiger partial charge in [-0.2, -0.15) is 8.78 Å². The molecule has 0 atom stereocenters. The van der Waals surface area contributed by atoms with Gasteiger partial charge in [0.25, 0.3) is 11.8 Å². The van der Waals surface area contributed by atoms with Crippen LogP contribution in [0.1, 0.15) is 20.0 Å². The van der Waals surface area contributed by atoms with Crippen molar-refractivity contribution in [1.82, 2.24) is 5.32 Å². The molecule has 0 saturated heterocycles. The van der Waals surface area contributed by atoms with Crippen LogP contribution in [0.4, 0.5) is 13.2 Å². The number of rotatable bonds is 7. The van der Waals surface area contributed by atoms with E-state index in [9.17, 15) is 27.6 Å². The maximum absolute atomic E-state index is 13.0. The Kier molecular flexibility index (Phi) is 7.03. The molecule has 3 rings (SSSR count). The number of halogens is 3. The second kappa shape index (κ2) is 9.90. The maximum atomic E-state index is 13.0. The Bertz CT molecular complexity index is 1080. The number of nitrogens with one attached hydrogen (secondary N) is 1. The molecule has 1 heterocycles. The molecule has 0 spiro atoms. The molecule has 0 radical (unpaired) electrons. The van der Waals surface area contributed by atoms with Crippen molar-refractivity contribution in [3.05, 3.63) is 76.9 Å². The lowest BCUT2D eigenvalue weighted by Crippen LogP contribution is -2.34. The first-order valence-electron chi connectivity index (χ1n) is 8.74. The second-order valence-corrected chi connectivity index (χ2v) is 7.11. The summed E-state index contributed by atoms with van der Waals surface area (Å²) in [7, 11) is 0. The Morgan fingerprint density at radius 2 is 1.61 bits per heavy atom. The van der Waals surface area contributed by atoms with Gasteiger partial charge in [0.1, 0.15) is 16.4 Å². The molecule has 0 unspecified atom stereocenters. The van der Waals surface area contributed by atoms with E-state index in [1.807, 2.05) is 5.32 Å². The molecule has 0 bridgehead atoms. The molecule has 10 heteroatoms. The summed E-state index contributed by atoms with van der Waals surface area (Å²) in [6.45, 7) is -3.69. The molecule has 3 aromatic rings. The van der Waals surface area contributed by atoms with Crippen LogP contribution < -0.4 is 10.1 Å². The predicted octanol–water partition coefficient (Wildman–Crippen LogP) is 4.27.